The van der Waals surface area contributed by atoms with Gasteiger partial charge in [-0.15, -0.1) is 0 Å². The highest BCUT2D eigenvalue weighted by Crippen LogP contribution is 2.27. The maximum absolute atomic E-state index is 13.0. The van der Waals surface area contributed by atoms with E-state index in [1.54, 1.807) is 24.3 Å². The number of nitrogens with one attached hydrogen (secondary N) is 1. The van der Waals surface area contributed by atoms with Gasteiger partial charge in [-0.3, -0.25) is 14.9 Å². The summed E-state index contributed by atoms with van der Waals surface area (Å²) < 4.78 is 0.869. The van der Waals surface area contributed by atoms with Crippen LogP contribution in [0, 0.1) is 27.7 Å². The van der Waals surface area contributed by atoms with Crippen molar-refractivity contribution in [1.82, 2.24) is 5.32 Å². The molecular weight excluding hydrogens is 408 g/mol. The molecule has 3 rings (SSSR count). The summed E-state index contributed by atoms with van der Waals surface area (Å²) in [6.07, 6.45) is 1.56. The molecule has 1 saturated heterocycles. The zero-order valence-corrected chi connectivity index (χ0v) is 17.1. The minimum atomic E-state index is -0.749. The van der Waals surface area contributed by atoms with Gasteiger partial charge >= 0.3 is 6.03 Å². The second-order valence-corrected chi connectivity index (χ2v) is 7.56. The highest BCUT2D eigenvalue weighted by Gasteiger charge is 2.37. The quantitative estimate of drug-likeness (QED) is 0.573. The van der Waals surface area contributed by atoms with Crippen molar-refractivity contribution >= 4 is 45.5 Å². The number of hydrogen-bond acceptors (Lipinski definition) is 3. The van der Waals surface area contributed by atoms with Crippen LogP contribution in [-0.4, -0.2) is 17.8 Å². The molecule has 0 spiro atoms. The molecule has 1 heterocycles. The molecule has 0 aromatic heterocycles. The Labute approximate surface area is 166 Å². The second kappa shape index (κ2) is 7.12. The van der Waals surface area contributed by atoms with Crippen LogP contribution in [0.15, 0.2) is 40.4 Å². The van der Waals surface area contributed by atoms with E-state index in [4.69, 9.17) is 0 Å². The van der Waals surface area contributed by atoms with Crippen molar-refractivity contribution in [2.45, 2.75) is 27.7 Å². The summed E-state index contributed by atoms with van der Waals surface area (Å²) in [5, 5.41) is 2.26. The van der Waals surface area contributed by atoms with Gasteiger partial charge in [0.25, 0.3) is 11.8 Å². The van der Waals surface area contributed by atoms with Crippen molar-refractivity contribution in [2.24, 2.45) is 0 Å². The van der Waals surface area contributed by atoms with Crippen LogP contribution in [0.3, 0.4) is 0 Å². The van der Waals surface area contributed by atoms with Crippen LogP contribution >= 0.6 is 15.9 Å². The Kier molecular flexibility index (Phi) is 5.02. The molecular formula is C21H19BrN2O3. The van der Waals surface area contributed by atoms with E-state index >= 15 is 0 Å². The number of anilines is 1. The van der Waals surface area contributed by atoms with Crippen LogP contribution in [0.25, 0.3) is 6.08 Å². The number of barbiturate groups is 1. The van der Waals surface area contributed by atoms with Gasteiger partial charge in [-0.1, -0.05) is 33.6 Å². The highest BCUT2D eigenvalue weighted by atomic mass is 79.9. The molecule has 1 aliphatic rings. The van der Waals surface area contributed by atoms with E-state index in [9.17, 15) is 14.4 Å². The summed E-state index contributed by atoms with van der Waals surface area (Å²) in [5.74, 6) is -1.32. The number of amides is 4. The van der Waals surface area contributed by atoms with E-state index < -0.39 is 17.8 Å². The molecule has 138 valence electrons. The van der Waals surface area contributed by atoms with Crippen LogP contribution < -0.4 is 10.2 Å². The number of hydrogen-bond donors (Lipinski definition) is 1. The number of nitrogens with zero attached hydrogens (tertiary/aromatic N) is 1. The molecule has 0 saturated carbocycles. The third-order valence-corrected chi connectivity index (χ3v) is 5.42. The number of carbonyl (C=O) groups excluding carboxylic acids is 3. The fourth-order valence-corrected chi connectivity index (χ4v) is 3.47. The third-order valence-electron chi connectivity index (χ3n) is 4.53. The van der Waals surface area contributed by atoms with E-state index in [1.165, 1.54) is 0 Å². The zero-order valence-electron chi connectivity index (χ0n) is 15.5. The van der Waals surface area contributed by atoms with Crippen LogP contribution in [0.1, 0.15) is 27.8 Å². The number of urea groups is 1. The second-order valence-electron chi connectivity index (χ2n) is 6.70. The van der Waals surface area contributed by atoms with Gasteiger partial charge in [0.1, 0.15) is 5.57 Å². The molecule has 1 N–H and O–H groups in total. The number of benzene rings is 2. The monoisotopic (exact) mass is 426 g/mol. The first kappa shape index (κ1) is 19.0. The standard InChI is InChI=1S/C21H19BrN2O3/c1-11-7-12(2)16(13(3)8-11)10-17-19(25)23-21(27)24(20(17)26)15-5-6-18(22)14(4)9-15/h5-10H,1-4H3,(H,23,25,27)/b17-10+. The fourth-order valence-electron chi connectivity index (χ4n) is 3.22. The Balaban J connectivity index is 2.09. The molecule has 0 aliphatic carbocycles. The molecule has 27 heavy (non-hydrogen) atoms. The molecule has 1 aliphatic heterocycles. The SMILES string of the molecule is Cc1cc(C)c(/C=C2\C(=O)NC(=O)N(c3ccc(Br)c(C)c3)C2=O)c(C)c1. The highest BCUT2D eigenvalue weighted by molar-refractivity contribution is 9.10. The lowest BCUT2D eigenvalue weighted by molar-refractivity contribution is -0.122. The smallest absolute Gasteiger partial charge is 0.273 e. The van der Waals surface area contributed by atoms with Gasteiger partial charge in [-0.25, -0.2) is 9.69 Å². The summed E-state index contributed by atoms with van der Waals surface area (Å²) >= 11 is 3.40. The average Bonchev–Trinajstić information content (AvgIpc) is 2.56. The zero-order chi connectivity index (χ0) is 19.9. The number of imide groups is 2. The van der Waals surface area contributed by atoms with Gasteiger partial charge in [-0.05, 0) is 74.2 Å². The lowest BCUT2D eigenvalue weighted by Gasteiger charge is -2.27. The number of carbonyl (C=O) groups is 3. The molecule has 0 unspecified atom stereocenters. The van der Waals surface area contributed by atoms with Crippen molar-refractivity contribution in [2.75, 3.05) is 4.90 Å². The molecule has 1 fully saturated rings. The van der Waals surface area contributed by atoms with Gasteiger partial charge < -0.3 is 0 Å². The number of halogens is 1. The van der Waals surface area contributed by atoms with E-state index in [2.05, 4.69) is 21.2 Å². The Hall–Kier alpha value is -2.73. The Morgan fingerprint density at radius 2 is 1.56 bits per heavy atom. The molecule has 2 aromatic carbocycles. The maximum atomic E-state index is 13.0. The first-order valence-electron chi connectivity index (χ1n) is 8.44. The Bertz CT molecular complexity index is 1000. The lowest BCUT2D eigenvalue weighted by atomic mass is 9.96. The maximum Gasteiger partial charge on any atom is 0.335 e. The van der Waals surface area contributed by atoms with Crippen LogP contribution in [0.4, 0.5) is 10.5 Å². The minimum Gasteiger partial charge on any atom is -0.273 e. The van der Waals surface area contributed by atoms with Gasteiger partial charge in [0.05, 0.1) is 5.69 Å². The van der Waals surface area contributed by atoms with Crippen molar-refractivity contribution in [3.05, 3.63) is 68.2 Å². The first-order valence-corrected chi connectivity index (χ1v) is 9.24. The van der Waals surface area contributed by atoms with E-state index in [0.29, 0.717) is 5.69 Å². The molecule has 5 nitrogen and oxygen atoms in total. The van der Waals surface area contributed by atoms with Crippen molar-refractivity contribution in [3.8, 4) is 0 Å². The third kappa shape index (κ3) is 3.57. The summed E-state index contributed by atoms with van der Waals surface area (Å²) in [5.41, 5.74) is 5.06. The van der Waals surface area contributed by atoms with E-state index in [0.717, 1.165) is 37.2 Å². The average molecular weight is 427 g/mol. The summed E-state index contributed by atoms with van der Waals surface area (Å²) in [7, 11) is 0. The normalized spacial score (nSPS) is 16.1. The van der Waals surface area contributed by atoms with E-state index in [1.807, 2.05) is 39.8 Å². The van der Waals surface area contributed by atoms with Crippen LogP contribution in [0.2, 0.25) is 0 Å². The fraction of sp³-hybridized carbons (Fsp3) is 0.190. The predicted octanol–water partition coefficient (Wildman–Crippen LogP) is 4.35. The largest absolute Gasteiger partial charge is 0.335 e. The first-order chi connectivity index (χ1) is 12.7. The van der Waals surface area contributed by atoms with Gasteiger partial charge in [-0.2, -0.15) is 0 Å². The van der Waals surface area contributed by atoms with Crippen molar-refractivity contribution in [3.63, 3.8) is 0 Å². The van der Waals surface area contributed by atoms with Gasteiger partial charge in [0.2, 0.25) is 0 Å². The minimum absolute atomic E-state index is 0.0646. The molecule has 0 radical (unpaired) electrons. The topological polar surface area (TPSA) is 66.5 Å². The van der Waals surface area contributed by atoms with Gasteiger partial charge in [0, 0.05) is 4.47 Å². The predicted molar refractivity (Wildman–Crippen MR) is 109 cm³/mol. The number of rotatable bonds is 2. The molecule has 0 atom stereocenters. The lowest BCUT2D eigenvalue weighted by Crippen LogP contribution is -2.54. The molecule has 2 aromatic rings. The van der Waals surface area contributed by atoms with Crippen LogP contribution in [-0.2, 0) is 9.59 Å². The van der Waals surface area contributed by atoms with Crippen LogP contribution in [0.5, 0.6) is 0 Å². The van der Waals surface area contributed by atoms with Gasteiger partial charge in [0.15, 0.2) is 0 Å². The van der Waals surface area contributed by atoms with E-state index in [-0.39, 0.29) is 5.57 Å². The molecule has 0 bridgehead atoms. The Morgan fingerprint density at radius 3 is 2.15 bits per heavy atom. The summed E-state index contributed by atoms with van der Waals surface area (Å²) in [4.78, 5) is 38.7. The summed E-state index contributed by atoms with van der Waals surface area (Å²) in [6.45, 7) is 7.71. The molecule has 6 heteroatoms. The van der Waals surface area contributed by atoms with Crippen molar-refractivity contribution in [1.29, 1.82) is 0 Å². The van der Waals surface area contributed by atoms with Crippen molar-refractivity contribution < 1.29 is 14.4 Å². The Morgan fingerprint density at radius 1 is 0.926 bits per heavy atom. The summed E-state index contributed by atoms with van der Waals surface area (Å²) in [6, 6.07) is 8.37. The number of aryl methyl sites for hydroxylation is 4. The molecule has 4 amide bonds.